The van der Waals surface area contributed by atoms with Crippen molar-refractivity contribution in [2.24, 2.45) is 11.3 Å². The molecule has 1 spiro atoms. The van der Waals surface area contributed by atoms with Gasteiger partial charge in [0.1, 0.15) is 5.75 Å². The number of carboxylic acids is 1. The van der Waals surface area contributed by atoms with Gasteiger partial charge in [0.25, 0.3) is 5.91 Å². The Morgan fingerprint density at radius 3 is 2.68 bits per heavy atom. The lowest BCUT2D eigenvalue weighted by Gasteiger charge is -2.32. The summed E-state index contributed by atoms with van der Waals surface area (Å²) in [6.45, 7) is 3.30. The van der Waals surface area contributed by atoms with E-state index >= 15 is 0 Å². The van der Waals surface area contributed by atoms with E-state index in [-0.39, 0.29) is 23.8 Å². The van der Waals surface area contributed by atoms with Crippen LogP contribution in [0.15, 0.2) is 24.3 Å². The number of aliphatic carboxylic acids is 1. The molecule has 2 aliphatic rings. The van der Waals surface area contributed by atoms with Gasteiger partial charge in [-0.15, -0.1) is 0 Å². The number of carbonyl (C=O) groups is 2. The summed E-state index contributed by atoms with van der Waals surface area (Å²) in [4.78, 5) is 25.0. The minimum Gasteiger partial charge on any atom is -0.484 e. The number of amides is 1. The standard InChI is InChI=1S/C17H21NO4/c1-12-3-2-4-13(9-12)22-11-15(19)18-7-5-17(6-8-18)10-14(17)16(20)21/h2-4,9,14H,5-8,10-11H2,1H3,(H,20,21). The van der Waals surface area contributed by atoms with Crippen molar-refractivity contribution in [1.82, 2.24) is 4.90 Å². The van der Waals surface area contributed by atoms with E-state index in [0.29, 0.717) is 18.8 Å². The van der Waals surface area contributed by atoms with Crippen molar-refractivity contribution >= 4 is 11.9 Å². The van der Waals surface area contributed by atoms with E-state index in [1.165, 1.54) is 0 Å². The lowest BCUT2D eigenvalue weighted by molar-refractivity contribution is -0.140. The van der Waals surface area contributed by atoms with Gasteiger partial charge in [-0.2, -0.15) is 0 Å². The predicted molar refractivity (Wildman–Crippen MR) is 80.7 cm³/mol. The van der Waals surface area contributed by atoms with E-state index < -0.39 is 5.97 Å². The molecule has 1 heterocycles. The van der Waals surface area contributed by atoms with Gasteiger partial charge in [0.15, 0.2) is 6.61 Å². The van der Waals surface area contributed by atoms with Crippen LogP contribution in [0.5, 0.6) is 5.75 Å². The van der Waals surface area contributed by atoms with E-state index in [1.807, 2.05) is 31.2 Å². The number of hydrogen-bond donors (Lipinski definition) is 1. The monoisotopic (exact) mass is 303 g/mol. The maximum Gasteiger partial charge on any atom is 0.307 e. The molecule has 2 fully saturated rings. The molecule has 118 valence electrons. The number of ether oxygens (including phenoxy) is 1. The zero-order valence-corrected chi connectivity index (χ0v) is 12.7. The van der Waals surface area contributed by atoms with Crippen molar-refractivity contribution < 1.29 is 19.4 Å². The first-order valence-corrected chi connectivity index (χ1v) is 7.70. The summed E-state index contributed by atoms with van der Waals surface area (Å²) in [6.07, 6.45) is 2.35. The zero-order chi connectivity index (χ0) is 15.7. The molecule has 0 aromatic heterocycles. The Bertz CT molecular complexity index is 590. The van der Waals surface area contributed by atoms with Crippen LogP contribution in [0.4, 0.5) is 0 Å². The first-order valence-electron chi connectivity index (χ1n) is 7.70. The van der Waals surface area contributed by atoms with Gasteiger partial charge in [-0.3, -0.25) is 9.59 Å². The molecule has 1 saturated heterocycles. The third kappa shape index (κ3) is 2.93. The third-order valence-electron chi connectivity index (χ3n) is 4.95. The molecule has 1 unspecified atom stereocenters. The number of rotatable bonds is 4. The van der Waals surface area contributed by atoms with Crippen molar-refractivity contribution in [3.8, 4) is 5.75 Å². The van der Waals surface area contributed by atoms with E-state index in [4.69, 9.17) is 9.84 Å². The van der Waals surface area contributed by atoms with E-state index in [9.17, 15) is 9.59 Å². The maximum absolute atomic E-state index is 12.2. The molecule has 1 aliphatic carbocycles. The molecule has 1 aliphatic heterocycles. The summed E-state index contributed by atoms with van der Waals surface area (Å²) in [7, 11) is 0. The molecule has 0 bridgehead atoms. The van der Waals surface area contributed by atoms with Crippen molar-refractivity contribution in [3.63, 3.8) is 0 Å². The fourth-order valence-electron chi connectivity index (χ4n) is 3.39. The molecule has 1 saturated carbocycles. The number of hydrogen-bond acceptors (Lipinski definition) is 3. The fourth-order valence-corrected chi connectivity index (χ4v) is 3.39. The van der Waals surface area contributed by atoms with Crippen LogP contribution in [0.3, 0.4) is 0 Å². The molecule has 22 heavy (non-hydrogen) atoms. The lowest BCUT2D eigenvalue weighted by atomic mass is 9.91. The van der Waals surface area contributed by atoms with Crippen LogP contribution in [-0.2, 0) is 9.59 Å². The summed E-state index contributed by atoms with van der Waals surface area (Å²) >= 11 is 0. The molecule has 5 heteroatoms. The van der Waals surface area contributed by atoms with Crippen LogP contribution >= 0.6 is 0 Å². The van der Waals surface area contributed by atoms with Crippen molar-refractivity contribution in [2.75, 3.05) is 19.7 Å². The highest BCUT2D eigenvalue weighted by Gasteiger charge is 2.59. The van der Waals surface area contributed by atoms with Crippen LogP contribution < -0.4 is 4.74 Å². The Balaban J connectivity index is 1.47. The summed E-state index contributed by atoms with van der Waals surface area (Å²) < 4.78 is 5.54. The van der Waals surface area contributed by atoms with Gasteiger partial charge >= 0.3 is 5.97 Å². The average Bonchev–Trinajstić information content (AvgIpc) is 3.20. The Morgan fingerprint density at radius 1 is 1.36 bits per heavy atom. The van der Waals surface area contributed by atoms with Crippen LogP contribution in [0.1, 0.15) is 24.8 Å². The molecule has 1 aromatic carbocycles. The predicted octanol–water partition coefficient (Wildman–Crippen LogP) is 2.09. The van der Waals surface area contributed by atoms with E-state index in [0.717, 1.165) is 24.8 Å². The maximum atomic E-state index is 12.2. The first kappa shape index (κ1) is 14.9. The molecule has 1 aromatic rings. The second kappa shape index (κ2) is 5.63. The van der Waals surface area contributed by atoms with E-state index in [1.54, 1.807) is 4.90 Å². The number of carboxylic acid groups (broad SMARTS) is 1. The quantitative estimate of drug-likeness (QED) is 0.925. The van der Waals surface area contributed by atoms with Gasteiger partial charge < -0.3 is 14.7 Å². The summed E-state index contributed by atoms with van der Waals surface area (Å²) in [5.41, 5.74) is 1.05. The SMILES string of the molecule is Cc1cccc(OCC(=O)N2CCC3(CC2)CC3C(=O)O)c1. The molecular weight excluding hydrogens is 282 g/mol. The van der Waals surface area contributed by atoms with Crippen molar-refractivity contribution in [1.29, 1.82) is 0 Å². The zero-order valence-electron chi connectivity index (χ0n) is 12.7. The summed E-state index contributed by atoms with van der Waals surface area (Å²) in [6, 6.07) is 7.62. The van der Waals surface area contributed by atoms with Crippen LogP contribution in [0, 0.1) is 18.3 Å². The Morgan fingerprint density at radius 2 is 2.09 bits per heavy atom. The highest BCUT2D eigenvalue weighted by Crippen LogP contribution is 2.59. The normalized spacial score (nSPS) is 22.4. The number of aryl methyl sites for hydroxylation is 1. The Labute approximate surface area is 129 Å². The second-order valence-electron chi connectivity index (χ2n) is 6.44. The highest BCUT2D eigenvalue weighted by molar-refractivity contribution is 5.78. The topological polar surface area (TPSA) is 66.8 Å². The smallest absolute Gasteiger partial charge is 0.307 e. The molecular formula is C17H21NO4. The number of piperidine rings is 1. The van der Waals surface area contributed by atoms with Gasteiger partial charge in [-0.05, 0) is 49.3 Å². The van der Waals surface area contributed by atoms with Crippen molar-refractivity contribution in [2.45, 2.75) is 26.2 Å². The average molecular weight is 303 g/mol. The van der Waals surface area contributed by atoms with Crippen LogP contribution in [0.25, 0.3) is 0 Å². The van der Waals surface area contributed by atoms with Gasteiger partial charge in [0.05, 0.1) is 5.92 Å². The van der Waals surface area contributed by atoms with Crippen molar-refractivity contribution in [3.05, 3.63) is 29.8 Å². The van der Waals surface area contributed by atoms with Gasteiger partial charge in [-0.25, -0.2) is 0 Å². The highest BCUT2D eigenvalue weighted by atomic mass is 16.5. The molecule has 3 rings (SSSR count). The molecule has 1 atom stereocenters. The fraction of sp³-hybridized carbons (Fsp3) is 0.529. The molecule has 1 N–H and O–H groups in total. The number of carbonyl (C=O) groups excluding carboxylic acids is 1. The lowest BCUT2D eigenvalue weighted by Crippen LogP contribution is -2.42. The van der Waals surface area contributed by atoms with Crippen LogP contribution in [0.2, 0.25) is 0 Å². The van der Waals surface area contributed by atoms with E-state index in [2.05, 4.69) is 0 Å². The van der Waals surface area contributed by atoms with Gasteiger partial charge in [0.2, 0.25) is 0 Å². The second-order valence-corrected chi connectivity index (χ2v) is 6.44. The minimum absolute atomic E-state index is 0.0242. The summed E-state index contributed by atoms with van der Waals surface area (Å²) in [5, 5.41) is 9.08. The third-order valence-corrected chi connectivity index (χ3v) is 4.95. The number of benzene rings is 1. The molecule has 0 radical (unpaired) electrons. The van der Waals surface area contributed by atoms with Gasteiger partial charge in [0, 0.05) is 13.1 Å². The number of likely N-dealkylation sites (tertiary alicyclic amines) is 1. The summed E-state index contributed by atoms with van der Waals surface area (Å²) in [5.74, 6) is -0.213. The molecule has 5 nitrogen and oxygen atoms in total. The molecule has 1 amide bonds. The Kier molecular flexibility index (Phi) is 3.81. The largest absolute Gasteiger partial charge is 0.484 e. The Hall–Kier alpha value is -2.04. The first-order chi connectivity index (χ1) is 10.5. The van der Waals surface area contributed by atoms with Crippen LogP contribution in [-0.4, -0.2) is 41.6 Å². The van der Waals surface area contributed by atoms with Gasteiger partial charge in [-0.1, -0.05) is 12.1 Å². The number of nitrogens with zero attached hydrogens (tertiary/aromatic N) is 1. The minimum atomic E-state index is -0.692.